The van der Waals surface area contributed by atoms with Crippen molar-refractivity contribution in [3.8, 4) is 0 Å². The van der Waals surface area contributed by atoms with Gasteiger partial charge in [0.15, 0.2) is 0 Å². The Morgan fingerprint density at radius 2 is 2.15 bits per heavy atom. The summed E-state index contributed by atoms with van der Waals surface area (Å²) in [6.07, 6.45) is 2.65. The molecule has 0 aliphatic rings. The molecule has 2 rings (SSSR count). The van der Waals surface area contributed by atoms with E-state index >= 15 is 0 Å². The van der Waals surface area contributed by atoms with Crippen LogP contribution in [0.3, 0.4) is 0 Å². The Labute approximate surface area is 127 Å². The fourth-order valence-electron chi connectivity index (χ4n) is 1.73. The highest BCUT2D eigenvalue weighted by molar-refractivity contribution is 7.99. The number of hydrogen-bond acceptors (Lipinski definition) is 3. The van der Waals surface area contributed by atoms with Gasteiger partial charge in [0, 0.05) is 17.6 Å². The SMILES string of the molecule is CCCNCc1cc(F)cc(Sc2ccc(Cl)cn2)c1. The first-order valence-electron chi connectivity index (χ1n) is 6.47. The summed E-state index contributed by atoms with van der Waals surface area (Å²) in [7, 11) is 0. The quantitative estimate of drug-likeness (QED) is 0.794. The van der Waals surface area contributed by atoms with Gasteiger partial charge in [0.05, 0.1) is 5.02 Å². The molecule has 2 nitrogen and oxygen atoms in total. The number of nitrogens with zero attached hydrogens (tertiary/aromatic N) is 1. The predicted molar refractivity (Wildman–Crippen MR) is 81.8 cm³/mol. The number of nitrogens with one attached hydrogen (secondary N) is 1. The Balaban J connectivity index is 2.09. The van der Waals surface area contributed by atoms with Crippen LogP contribution in [-0.2, 0) is 6.54 Å². The van der Waals surface area contributed by atoms with Crippen LogP contribution >= 0.6 is 23.4 Å². The molecule has 0 fully saturated rings. The van der Waals surface area contributed by atoms with Gasteiger partial charge in [-0.15, -0.1) is 0 Å². The Morgan fingerprint density at radius 3 is 2.85 bits per heavy atom. The van der Waals surface area contributed by atoms with Crippen molar-refractivity contribution >= 4 is 23.4 Å². The van der Waals surface area contributed by atoms with Gasteiger partial charge in [-0.1, -0.05) is 30.3 Å². The molecular formula is C15H16ClFN2S. The van der Waals surface area contributed by atoms with E-state index in [0.29, 0.717) is 11.6 Å². The number of aromatic nitrogens is 1. The Morgan fingerprint density at radius 1 is 1.30 bits per heavy atom. The molecule has 106 valence electrons. The van der Waals surface area contributed by atoms with Gasteiger partial charge in [-0.2, -0.15) is 0 Å². The van der Waals surface area contributed by atoms with Crippen LogP contribution in [0.4, 0.5) is 4.39 Å². The number of benzene rings is 1. The molecular weight excluding hydrogens is 295 g/mol. The van der Waals surface area contributed by atoms with Crippen molar-refractivity contribution in [2.45, 2.75) is 29.8 Å². The topological polar surface area (TPSA) is 24.9 Å². The third kappa shape index (κ3) is 4.78. The van der Waals surface area contributed by atoms with E-state index in [1.54, 1.807) is 18.3 Å². The molecule has 1 heterocycles. The normalized spacial score (nSPS) is 10.8. The second-order valence-corrected chi connectivity index (χ2v) is 5.92. The molecule has 1 N–H and O–H groups in total. The van der Waals surface area contributed by atoms with Crippen molar-refractivity contribution in [2.24, 2.45) is 0 Å². The maximum atomic E-state index is 13.6. The fourth-order valence-corrected chi connectivity index (χ4v) is 2.71. The van der Waals surface area contributed by atoms with Gasteiger partial charge in [0.2, 0.25) is 0 Å². The van der Waals surface area contributed by atoms with E-state index in [1.165, 1.54) is 17.8 Å². The van der Waals surface area contributed by atoms with Crippen LogP contribution < -0.4 is 5.32 Å². The minimum Gasteiger partial charge on any atom is -0.313 e. The minimum absolute atomic E-state index is 0.225. The minimum atomic E-state index is -0.225. The van der Waals surface area contributed by atoms with E-state index in [2.05, 4.69) is 17.2 Å². The Hall–Kier alpha value is -1.10. The number of halogens is 2. The average molecular weight is 311 g/mol. The lowest BCUT2D eigenvalue weighted by molar-refractivity contribution is 0.615. The maximum absolute atomic E-state index is 13.6. The molecule has 0 aliphatic carbocycles. The largest absolute Gasteiger partial charge is 0.313 e. The van der Waals surface area contributed by atoms with Crippen LogP contribution in [0, 0.1) is 5.82 Å². The Kier molecular flexibility index (Phi) is 5.83. The molecule has 0 unspecified atom stereocenters. The van der Waals surface area contributed by atoms with Crippen LogP contribution in [0.5, 0.6) is 0 Å². The average Bonchev–Trinajstić information content (AvgIpc) is 2.41. The zero-order chi connectivity index (χ0) is 14.4. The molecule has 20 heavy (non-hydrogen) atoms. The first kappa shape index (κ1) is 15.3. The number of hydrogen-bond donors (Lipinski definition) is 1. The Bertz CT molecular complexity index is 560. The molecule has 0 spiro atoms. The predicted octanol–water partition coefficient (Wildman–Crippen LogP) is 4.52. The first-order valence-corrected chi connectivity index (χ1v) is 7.66. The highest BCUT2D eigenvalue weighted by Crippen LogP contribution is 2.28. The fraction of sp³-hybridized carbons (Fsp3) is 0.267. The third-order valence-electron chi connectivity index (χ3n) is 2.61. The lowest BCUT2D eigenvalue weighted by atomic mass is 10.2. The summed E-state index contributed by atoms with van der Waals surface area (Å²) in [6.45, 7) is 3.71. The molecule has 1 aromatic carbocycles. The molecule has 0 atom stereocenters. The molecule has 0 saturated heterocycles. The monoisotopic (exact) mass is 310 g/mol. The van der Waals surface area contributed by atoms with Crippen LogP contribution in [0.2, 0.25) is 5.02 Å². The van der Waals surface area contributed by atoms with E-state index in [9.17, 15) is 4.39 Å². The molecule has 2 aromatic rings. The molecule has 1 aromatic heterocycles. The second kappa shape index (κ2) is 7.62. The van der Waals surface area contributed by atoms with E-state index in [0.717, 1.165) is 28.5 Å². The summed E-state index contributed by atoms with van der Waals surface area (Å²) in [5, 5.41) is 4.66. The second-order valence-electron chi connectivity index (χ2n) is 4.39. The van der Waals surface area contributed by atoms with Crippen LogP contribution in [0.1, 0.15) is 18.9 Å². The van der Waals surface area contributed by atoms with Gasteiger partial charge < -0.3 is 5.32 Å². The molecule has 0 bridgehead atoms. The van der Waals surface area contributed by atoms with Crippen molar-refractivity contribution in [1.82, 2.24) is 10.3 Å². The molecule has 0 saturated carbocycles. The van der Waals surface area contributed by atoms with Crippen molar-refractivity contribution in [1.29, 1.82) is 0 Å². The summed E-state index contributed by atoms with van der Waals surface area (Å²) in [6, 6.07) is 8.66. The molecule has 0 amide bonds. The highest BCUT2D eigenvalue weighted by atomic mass is 35.5. The zero-order valence-corrected chi connectivity index (χ0v) is 12.8. The summed E-state index contributed by atoms with van der Waals surface area (Å²) >= 11 is 7.22. The van der Waals surface area contributed by atoms with E-state index in [-0.39, 0.29) is 5.82 Å². The van der Waals surface area contributed by atoms with Crippen LogP contribution in [-0.4, -0.2) is 11.5 Å². The van der Waals surface area contributed by atoms with Gasteiger partial charge >= 0.3 is 0 Å². The van der Waals surface area contributed by atoms with Gasteiger partial charge in [-0.3, -0.25) is 0 Å². The zero-order valence-electron chi connectivity index (χ0n) is 11.2. The van der Waals surface area contributed by atoms with Crippen LogP contribution in [0.15, 0.2) is 46.5 Å². The van der Waals surface area contributed by atoms with Gasteiger partial charge in [0.1, 0.15) is 10.8 Å². The summed E-state index contributed by atoms with van der Waals surface area (Å²) in [4.78, 5) is 5.04. The summed E-state index contributed by atoms with van der Waals surface area (Å²) in [5.74, 6) is -0.225. The standard InChI is InChI=1S/C15H16ClFN2S/c1-2-5-18-9-11-6-13(17)8-14(7-11)20-15-4-3-12(16)10-19-15/h3-4,6-8,10,18H,2,5,9H2,1H3. The molecule has 5 heteroatoms. The maximum Gasteiger partial charge on any atom is 0.124 e. The van der Waals surface area contributed by atoms with Gasteiger partial charge in [-0.25, -0.2) is 9.37 Å². The van der Waals surface area contributed by atoms with E-state index in [1.807, 2.05) is 12.1 Å². The third-order valence-corrected chi connectivity index (χ3v) is 3.76. The van der Waals surface area contributed by atoms with Crippen molar-refractivity contribution in [2.75, 3.05) is 6.54 Å². The van der Waals surface area contributed by atoms with Gasteiger partial charge in [0.25, 0.3) is 0 Å². The van der Waals surface area contributed by atoms with Crippen LogP contribution in [0.25, 0.3) is 0 Å². The van der Waals surface area contributed by atoms with Gasteiger partial charge in [-0.05, 0) is 48.9 Å². The van der Waals surface area contributed by atoms with E-state index < -0.39 is 0 Å². The van der Waals surface area contributed by atoms with Crippen molar-refractivity contribution in [3.63, 3.8) is 0 Å². The van der Waals surface area contributed by atoms with Crippen molar-refractivity contribution < 1.29 is 4.39 Å². The number of pyridine rings is 1. The van der Waals surface area contributed by atoms with Crippen molar-refractivity contribution in [3.05, 3.63) is 52.9 Å². The lowest BCUT2D eigenvalue weighted by Crippen LogP contribution is -2.13. The van der Waals surface area contributed by atoms with E-state index in [4.69, 9.17) is 11.6 Å². The first-order chi connectivity index (χ1) is 9.67. The lowest BCUT2D eigenvalue weighted by Gasteiger charge is -2.07. The summed E-state index contributed by atoms with van der Waals surface area (Å²) < 4.78 is 13.6. The molecule has 0 radical (unpaired) electrons. The molecule has 0 aliphatic heterocycles. The number of rotatable bonds is 6. The smallest absolute Gasteiger partial charge is 0.124 e. The summed E-state index contributed by atoms with van der Waals surface area (Å²) in [5.41, 5.74) is 0.940. The highest BCUT2D eigenvalue weighted by Gasteiger charge is 2.04.